The van der Waals surface area contributed by atoms with Crippen LogP contribution in [-0.4, -0.2) is 34.7 Å². The smallest absolute Gasteiger partial charge is 0.334 e. The van der Waals surface area contributed by atoms with Crippen LogP contribution in [0.2, 0.25) is 5.02 Å². The van der Waals surface area contributed by atoms with E-state index in [1.54, 1.807) is 6.07 Å². The molecule has 2 N–H and O–H groups in total. The van der Waals surface area contributed by atoms with Crippen molar-refractivity contribution in [1.82, 2.24) is 19.9 Å². The van der Waals surface area contributed by atoms with E-state index in [4.69, 9.17) is 21.1 Å². The number of methoxy groups -OCH3 is 2. The number of nitrogens with zero attached hydrogens (tertiary/aromatic N) is 2. The van der Waals surface area contributed by atoms with Gasteiger partial charge in [0.25, 0.3) is 17.3 Å². The lowest BCUT2D eigenvalue weighted by Gasteiger charge is -2.09. The van der Waals surface area contributed by atoms with Crippen molar-refractivity contribution in [3.8, 4) is 17.4 Å². The van der Waals surface area contributed by atoms with Crippen LogP contribution in [0.25, 0.3) is 16.0 Å². The Morgan fingerprint density at radius 1 is 1.21 bits per heavy atom. The molecule has 0 radical (unpaired) electrons. The maximum Gasteiger partial charge on any atom is 0.334 e. The topological polar surface area (TPSA) is 115 Å². The third-order valence-electron chi connectivity index (χ3n) is 4.69. The van der Waals surface area contributed by atoms with Crippen LogP contribution >= 0.6 is 22.9 Å². The van der Waals surface area contributed by atoms with Crippen molar-refractivity contribution in [2.24, 2.45) is 0 Å². The molecule has 0 aliphatic rings. The highest BCUT2D eigenvalue weighted by Gasteiger charge is 2.18. The van der Waals surface area contributed by atoms with Crippen LogP contribution in [0, 0.1) is 5.82 Å². The Bertz CT molecular complexity index is 1500. The highest BCUT2D eigenvalue weighted by molar-refractivity contribution is 7.20. The second-order valence-electron chi connectivity index (χ2n) is 6.74. The average molecular weight is 491 g/mol. The van der Waals surface area contributed by atoms with Gasteiger partial charge in [-0.1, -0.05) is 17.7 Å². The normalized spacial score (nSPS) is 10.9. The Labute approximate surface area is 194 Å². The maximum atomic E-state index is 13.6. The Kier molecular flexibility index (Phi) is 6.16. The number of thiophene rings is 1. The van der Waals surface area contributed by atoms with E-state index < -0.39 is 23.0 Å². The predicted molar refractivity (Wildman–Crippen MR) is 122 cm³/mol. The predicted octanol–water partition coefficient (Wildman–Crippen LogP) is 2.88. The Hall–Kier alpha value is -3.70. The van der Waals surface area contributed by atoms with E-state index in [9.17, 15) is 18.8 Å². The molecule has 0 saturated carbocycles. The number of ether oxygens (including phenoxy) is 2. The number of aromatic nitrogens is 3. The molecule has 1 aromatic carbocycles. The molecule has 0 atom stereocenters. The minimum Gasteiger partial charge on any atom is -0.491 e. The number of H-pyrrole nitrogens is 1. The zero-order valence-electron chi connectivity index (χ0n) is 17.3. The molecule has 0 saturated heterocycles. The number of hydrogen-bond acceptors (Lipinski definition) is 7. The second-order valence-corrected chi connectivity index (χ2v) is 8.20. The van der Waals surface area contributed by atoms with E-state index in [0.717, 1.165) is 15.9 Å². The van der Waals surface area contributed by atoms with Crippen molar-refractivity contribution in [2.45, 2.75) is 6.54 Å². The quantitative estimate of drug-likeness (QED) is 0.429. The fourth-order valence-electron chi connectivity index (χ4n) is 3.09. The van der Waals surface area contributed by atoms with Gasteiger partial charge in [0.15, 0.2) is 5.75 Å². The molecule has 0 aliphatic carbocycles. The van der Waals surface area contributed by atoms with Gasteiger partial charge in [-0.3, -0.25) is 9.59 Å². The number of fused-ring (bicyclic) bond motifs is 1. The van der Waals surface area contributed by atoms with Crippen molar-refractivity contribution in [3.63, 3.8) is 0 Å². The summed E-state index contributed by atoms with van der Waals surface area (Å²) in [6.07, 6.45) is 0. The van der Waals surface area contributed by atoms with E-state index in [-0.39, 0.29) is 38.4 Å². The molecule has 0 bridgehead atoms. The van der Waals surface area contributed by atoms with Crippen LogP contribution in [0.1, 0.15) is 15.2 Å². The summed E-state index contributed by atoms with van der Waals surface area (Å²) in [4.78, 5) is 45.2. The van der Waals surface area contributed by atoms with Crippen LogP contribution in [0.15, 0.2) is 46.0 Å². The van der Waals surface area contributed by atoms with Crippen molar-refractivity contribution >= 4 is 39.1 Å². The number of nitrogens with one attached hydrogen (secondary N) is 2. The molecule has 1 amide bonds. The first-order chi connectivity index (χ1) is 15.8. The molecular weight excluding hydrogens is 475 g/mol. The number of carbonyl (C=O) groups excluding carboxylic acids is 1. The lowest BCUT2D eigenvalue weighted by Crippen LogP contribution is -2.33. The van der Waals surface area contributed by atoms with Gasteiger partial charge < -0.3 is 19.8 Å². The molecule has 0 aliphatic heterocycles. The van der Waals surface area contributed by atoms with Crippen LogP contribution in [0.4, 0.5) is 4.39 Å². The van der Waals surface area contributed by atoms with Crippen molar-refractivity contribution in [3.05, 3.63) is 78.5 Å². The molecule has 33 heavy (non-hydrogen) atoms. The largest absolute Gasteiger partial charge is 0.491 e. The zero-order chi connectivity index (χ0) is 23.7. The SMILES string of the molecule is COc1ccc(-n2c(=O)[nH]c3cc(C(=O)NCc4ccc(Cl)c(F)c4)sc3c2=O)nc1OC. The average Bonchev–Trinajstić information content (AvgIpc) is 3.24. The van der Waals surface area contributed by atoms with Crippen molar-refractivity contribution in [2.75, 3.05) is 14.2 Å². The Morgan fingerprint density at radius 2 is 2.00 bits per heavy atom. The number of pyridine rings is 1. The summed E-state index contributed by atoms with van der Waals surface area (Å²) in [6.45, 7) is 0.0531. The van der Waals surface area contributed by atoms with Gasteiger partial charge in [-0.25, -0.2) is 13.8 Å². The number of rotatable bonds is 6. The molecule has 3 heterocycles. The molecule has 170 valence electrons. The first-order valence-electron chi connectivity index (χ1n) is 9.42. The first kappa shape index (κ1) is 22.5. The van der Waals surface area contributed by atoms with Crippen molar-refractivity contribution < 1.29 is 18.7 Å². The minimum atomic E-state index is -0.728. The summed E-state index contributed by atoms with van der Waals surface area (Å²) in [6, 6.07) is 8.57. The summed E-state index contributed by atoms with van der Waals surface area (Å²) in [5.41, 5.74) is -0.637. The van der Waals surface area contributed by atoms with E-state index in [1.165, 1.54) is 44.6 Å². The molecule has 0 unspecified atom stereocenters. The maximum absolute atomic E-state index is 13.6. The number of carbonyl (C=O) groups is 1. The fourth-order valence-corrected chi connectivity index (χ4v) is 4.17. The molecular formula is C21H16ClFN4O5S. The Balaban J connectivity index is 1.66. The van der Waals surface area contributed by atoms with Gasteiger partial charge in [-0.05, 0) is 35.9 Å². The zero-order valence-corrected chi connectivity index (χ0v) is 18.8. The van der Waals surface area contributed by atoms with Crippen LogP contribution < -0.4 is 26.0 Å². The van der Waals surface area contributed by atoms with E-state index in [1.807, 2.05) is 0 Å². The minimum absolute atomic E-state index is 0.0150. The molecule has 3 aromatic heterocycles. The van der Waals surface area contributed by atoms with Gasteiger partial charge in [-0.15, -0.1) is 11.3 Å². The van der Waals surface area contributed by atoms with Gasteiger partial charge in [-0.2, -0.15) is 4.98 Å². The summed E-state index contributed by atoms with van der Waals surface area (Å²) in [5.74, 6) is -0.603. The first-order valence-corrected chi connectivity index (χ1v) is 10.6. The lowest BCUT2D eigenvalue weighted by atomic mass is 10.2. The van der Waals surface area contributed by atoms with Gasteiger partial charge in [0.05, 0.1) is 29.6 Å². The van der Waals surface area contributed by atoms with E-state index in [2.05, 4.69) is 15.3 Å². The highest BCUT2D eigenvalue weighted by Crippen LogP contribution is 2.25. The Morgan fingerprint density at radius 3 is 2.70 bits per heavy atom. The number of halogens is 2. The number of hydrogen-bond donors (Lipinski definition) is 2. The molecule has 12 heteroatoms. The number of aromatic amines is 1. The molecule has 4 aromatic rings. The standard InChI is InChI=1S/C21H16ClFN4O5S/c1-31-14-5-6-16(26-19(14)32-2)27-20(29)17-13(25-21(27)30)8-15(33-17)18(28)24-9-10-3-4-11(22)12(23)7-10/h3-8H,9H2,1-2H3,(H,24,28)(H,25,30). The summed E-state index contributed by atoms with van der Waals surface area (Å²) >= 11 is 6.58. The van der Waals surface area contributed by atoms with Gasteiger partial charge >= 0.3 is 5.69 Å². The van der Waals surface area contributed by atoms with Gasteiger partial charge in [0.1, 0.15) is 16.3 Å². The van der Waals surface area contributed by atoms with Crippen LogP contribution in [0.5, 0.6) is 11.6 Å². The second kappa shape index (κ2) is 9.04. The summed E-state index contributed by atoms with van der Waals surface area (Å²) in [5, 5.41) is 2.63. The number of amides is 1. The summed E-state index contributed by atoms with van der Waals surface area (Å²) in [7, 11) is 2.82. The third kappa shape index (κ3) is 4.32. The fraction of sp³-hybridized carbons (Fsp3) is 0.143. The molecule has 9 nitrogen and oxygen atoms in total. The van der Waals surface area contributed by atoms with Crippen LogP contribution in [0.3, 0.4) is 0 Å². The number of benzene rings is 1. The monoisotopic (exact) mass is 490 g/mol. The van der Waals surface area contributed by atoms with E-state index in [0.29, 0.717) is 11.3 Å². The van der Waals surface area contributed by atoms with Gasteiger partial charge in [0.2, 0.25) is 0 Å². The molecule has 0 fully saturated rings. The van der Waals surface area contributed by atoms with Gasteiger partial charge in [0, 0.05) is 6.54 Å². The molecule has 0 spiro atoms. The third-order valence-corrected chi connectivity index (χ3v) is 6.12. The lowest BCUT2D eigenvalue weighted by molar-refractivity contribution is 0.0955. The van der Waals surface area contributed by atoms with E-state index >= 15 is 0 Å². The molecule has 4 rings (SSSR count). The van der Waals surface area contributed by atoms with Crippen LogP contribution in [-0.2, 0) is 6.54 Å². The summed E-state index contributed by atoms with van der Waals surface area (Å²) < 4.78 is 24.8. The highest BCUT2D eigenvalue weighted by atomic mass is 35.5. The van der Waals surface area contributed by atoms with Crippen molar-refractivity contribution in [1.29, 1.82) is 0 Å².